The number of esters is 1. The van der Waals surface area contributed by atoms with E-state index in [0.717, 1.165) is 16.5 Å². The van der Waals surface area contributed by atoms with Gasteiger partial charge < -0.3 is 9.47 Å². The zero-order valence-electron chi connectivity index (χ0n) is 16.8. The van der Waals surface area contributed by atoms with Gasteiger partial charge in [-0.3, -0.25) is 4.79 Å². The molecular weight excluding hydrogens is 450 g/mol. The van der Waals surface area contributed by atoms with Crippen LogP contribution in [-0.2, 0) is 16.0 Å². The molecule has 0 amide bonds. The number of hydrogen-bond acceptors (Lipinski definition) is 6. The maximum atomic E-state index is 13.0. The Morgan fingerprint density at radius 2 is 2.07 bits per heavy atom. The van der Waals surface area contributed by atoms with Gasteiger partial charge in [-0.15, -0.1) is 0 Å². The average Bonchev–Trinajstić information content (AvgIpc) is 2.73. The number of hydrogen-bond donors (Lipinski definition) is 0. The minimum Gasteiger partial charge on any atom is -0.482 e. The highest BCUT2D eigenvalue weighted by Crippen LogP contribution is 2.17. The lowest BCUT2D eigenvalue weighted by Gasteiger charge is -2.09. The van der Waals surface area contributed by atoms with Gasteiger partial charge in [0.25, 0.3) is 5.56 Å². The Labute approximate surface area is 182 Å². The lowest BCUT2D eigenvalue weighted by molar-refractivity contribution is -0.145. The van der Waals surface area contributed by atoms with Crippen LogP contribution in [0.1, 0.15) is 31.7 Å². The van der Waals surface area contributed by atoms with Crippen LogP contribution < -0.4 is 10.3 Å². The molecule has 0 unspecified atom stereocenters. The van der Waals surface area contributed by atoms with Crippen LogP contribution in [0.15, 0.2) is 56.8 Å². The Morgan fingerprint density at radius 1 is 1.23 bits per heavy atom. The Balaban J connectivity index is 1.90. The number of halogens is 1. The van der Waals surface area contributed by atoms with Gasteiger partial charge in [0.2, 0.25) is 0 Å². The molecule has 0 atom stereocenters. The van der Waals surface area contributed by atoms with Crippen molar-refractivity contribution in [1.82, 2.24) is 9.66 Å². The molecular formula is C22H22BrN3O4. The van der Waals surface area contributed by atoms with E-state index in [4.69, 9.17) is 9.47 Å². The van der Waals surface area contributed by atoms with Gasteiger partial charge in [-0.05, 0) is 49.2 Å². The maximum absolute atomic E-state index is 13.0. The van der Waals surface area contributed by atoms with E-state index in [1.807, 2.05) is 25.1 Å². The first kappa shape index (κ1) is 21.7. The molecule has 0 aliphatic heterocycles. The number of fused-ring (bicyclic) bond motifs is 1. The lowest BCUT2D eigenvalue weighted by Crippen LogP contribution is -2.22. The van der Waals surface area contributed by atoms with Crippen LogP contribution in [-0.4, -0.2) is 35.1 Å². The van der Waals surface area contributed by atoms with E-state index in [1.54, 1.807) is 37.4 Å². The third-order valence-electron chi connectivity index (χ3n) is 4.19. The summed E-state index contributed by atoms with van der Waals surface area (Å²) in [6, 6.07) is 12.5. The van der Waals surface area contributed by atoms with Gasteiger partial charge in [-0.1, -0.05) is 35.0 Å². The van der Waals surface area contributed by atoms with Gasteiger partial charge in [-0.2, -0.15) is 9.78 Å². The highest BCUT2D eigenvalue weighted by Gasteiger charge is 2.10. The summed E-state index contributed by atoms with van der Waals surface area (Å²) in [5, 5.41) is 4.89. The Kier molecular flexibility index (Phi) is 7.35. The molecule has 0 aliphatic carbocycles. The van der Waals surface area contributed by atoms with E-state index < -0.39 is 5.97 Å². The van der Waals surface area contributed by atoms with Crippen LogP contribution >= 0.6 is 15.9 Å². The predicted octanol–water partition coefficient (Wildman–Crippen LogP) is 3.94. The molecule has 3 rings (SSSR count). The number of aryl methyl sites for hydroxylation is 1. The number of carbonyl (C=O) groups is 1. The number of ether oxygens (including phenoxy) is 2. The van der Waals surface area contributed by atoms with E-state index in [9.17, 15) is 9.59 Å². The van der Waals surface area contributed by atoms with E-state index in [0.29, 0.717) is 35.5 Å². The SMILES string of the molecule is CCCc1nc2ccc(Br)cc2c(=O)n1N=Cc1cccc(OCC(=O)OCC)c1. The normalized spacial score (nSPS) is 11.2. The fraction of sp³-hybridized carbons (Fsp3) is 0.273. The predicted molar refractivity (Wildman–Crippen MR) is 119 cm³/mol. The fourth-order valence-corrected chi connectivity index (χ4v) is 3.21. The Bertz CT molecular complexity index is 1140. The number of rotatable bonds is 8. The second-order valence-electron chi connectivity index (χ2n) is 6.47. The molecule has 0 radical (unpaired) electrons. The summed E-state index contributed by atoms with van der Waals surface area (Å²) in [6.07, 6.45) is 3.03. The van der Waals surface area contributed by atoms with E-state index in [2.05, 4.69) is 26.0 Å². The van der Waals surface area contributed by atoms with Crippen LogP contribution in [0.4, 0.5) is 0 Å². The smallest absolute Gasteiger partial charge is 0.344 e. The number of aromatic nitrogens is 2. The largest absolute Gasteiger partial charge is 0.482 e. The molecule has 0 spiro atoms. The average molecular weight is 472 g/mol. The third kappa shape index (κ3) is 5.33. The van der Waals surface area contributed by atoms with Crippen molar-refractivity contribution >= 4 is 39.0 Å². The van der Waals surface area contributed by atoms with E-state index >= 15 is 0 Å². The second kappa shape index (κ2) is 10.2. The van der Waals surface area contributed by atoms with Crippen molar-refractivity contribution in [2.24, 2.45) is 5.10 Å². The molecule has 156 valence electrons. The molecule has 1 aromatic heterocycles. The molecule has 2 aromatic carbocycles. The summed E-state index contributed by atoms with van der Waals surface area (Å²) in [5.41, 5.74) is 1.14. The van der Waals surface area contributed by atoms with Gasteiger partial charge in [-0.25, -0.2) is 9.78 Å². The number of nitrogens with zero attached hydrogens (tertiary/aromatic N) is 3. The van der Waals surface area contributed by atoms with Crippen molar-refractivity contribution in [2.45, 2.75) is 26.7 Å². The summed E-state index contributed by atoms with van der Waals surface area (Å²) >= 11 is 3.40. The first-order chi connectivity index (χ1) is 14.5. The molecule has 0 saturated heterocycles. The van der Waals surface area contributed by atoms with Gasteiger partial charge in [0.05, 0.1) is 23.7 Å². The van der Waals surface area contributed by atoms with Crippen molar-refractivity contribution in [3.8, 4) is 5.75 Å². The zero-order valence-corrected chi connectivity index (χ0v) is 18.4. The van der Waals surface area contributed by atoms with Crippen LogP contribution in [0.5, 0.6) is 5.75 Å². The Morgan fingerprint density at radius 3 is 2.83 bits per heavy atom. The molecule has 0 fully saturated rings. The monoisotopic (exact) mass is 471 g/mol. The summed E-state index contributed by atoms with van der Waals surface area (Å²) < 4.78 is 12.4. The number of carbonyl (C=O) groups excluding carboxylic acids is 1. The molecule has 7 nitrogen and oxygen atoms in total. The lowest BCUT2D eigenvalue weighted by atomic mass is 10.2. The van der Waals surface area contributed by atoms with E-state index in [-0.39, 0.29) is 12.2 Å². The van der Waals surface area contributed by atoms with Gasteiger partial charge in [0.15, 0.2) is 6.61 Å². The van der Waals surface area contributed by atoms with Crippen molar-refractivity contribution in [1.29, 1.82) is 0 Å². The molecule has 0 N–H and O–H groups in total. The summed E-state index contributed by atoms with van der Waals surface area (Å²) in [6.45, 7) is 3.90. The molecule has 0 aliphatic rings. The van der Waals surface area contributed by atoms with E-state index in [1.165, 1.54) is 4.68 Å². The first-order valence-electron chi connectivity index (χ1n) is 9.65. The molecule has 30 heavy (non-hydrogen) atoms. The zero-order chi connectivity index (χ0) is 21.5. The summed E-state index contributed by atoms with van der Waals surface area (Å²) in [7, 11) is 0. The van der Waals surface area contributed by atoms with Crippen LogP contribution in [0, 0.1) is 0 Å². The Hall–Kier alpha value is -3.00. The summed E-state index contributed by atoms with van der Waals surface area (Å²) in [5.74, 6) is 0.678. The van der Waals surface area contributed by atoms with Crippen molar-refractivity contribution in [2.75, 3.05) is 13.2 Å². The van der Waals surface area contributed by atoms with Crippen LogP contribution in [0.3, 0.4) is 0 Å². The maximum Gasteiger partial charge on any atom is 0.344 e. The minimum atomic E-state index is -0.430. The minimum absolute atomic E-state index is 0.169. The van der Waals surface area contributed by atoms with Crippen LogP contribution in [0.2, 0.25) is 0 Å². The first-order valence-corrected chi connectivity index (χ1v) is 10.4. The molecule has 8 heteroatoms. The molecule has 1 heterocycles. The number of benzene rings is 2. The van der Waals surface area contributed by atoms with Gasteiger partial charge in [0.1, 0.15) is 11.6 Å². The quantitative estimate of drug-likeness (QED) is 0.367. The second-order valence-corrected chi connectivity index (χ2v) is 7.38. The highest BCUT2D eigenvalue weighted by atomic mass is 79.9. The van der Waals surface area contributed by atoms with Crippen molar-refractivity contribution < 1.29 is 14.3 Å². The van der Waals surface area contributed by atoms with Crippen molar-refractivity contribution in [3.63, 3.8) is 0 Å². The molecule has 0 saturated carbocycles. The van der Waals surface area contributed by atoms with Gasteiger partial charge >= 0.3 is 5.97 Å². The molecule has 3 aromatic rings. The standard InChI is InChI=1S/C22H22BrN3O4/c1-3-6-20-25-19-10-9-16(23)12-18(19)22(28)26(20)24-13-15-7-5-8-17(11-15)30-14-21(27)29-4-2/h5,7-13H,3-4,6,14H2,1-2H3. The molecule has 0 bridgehead atoms. The van der Waals surface area contributed by atoms with Crippen molar-refractivity contribution in [3.05, 3.63) is 68.7 Å². The summed E-state index contributed by atoms with van der Waals surface area (Å²) in [4.78, 5) is 29.1. The fourth-order valence-electron chi connectivity index (χ4n) is 2.85. The van der Waals surface area contributed by atoms with Crippen LogP contribution in [0.25, 0.3) is 10.9 Å². The van der Waals surface area contributed by atoms with Gasteiger partial charge in [0, 0.05) is 10.9 Å². The topological polar surface area (TPSA) is 82.8 Å². The third-order valence-corrected chi connectivity index (χ3v) is 4.68. The highest BCUT2D eigenvalue weighted by molar-refractivity contribution is 9.10.